The molecule has 4 aromatic carbocycles. The Bertz CT molecular complexity index is 1890. The normalized spacial score (nSPS) is 11.9. The average molecular weight is 494 g/mol. The van der Waals surface area contributed by atoms with E-state index in [9.17, 15) is 0 Å². The molecule has 1 nitrogen and oxygen atoms in total. The van der Waals surface area contributed by atoms with Crippen LogP contribution in [0.5, 0.6) is 0 Å². The van der Waals surface area contributed by atoms with Gasteiger partial charge in [0.1, 0.15) is 0 Å². The number of fused-ring (bicyclic) bond motifs is 4. The third-order valence-corrected chi connectivity index (χ3v) is 8.26. The highest BCUT2D eigenvalue weighted by Gasteiger charge is 2.15. The van der Waals surface area contributed by atoms with Crippen molar-refractivity contribution in [2.45, 2.75) is 6.92 Å². The van der Waals surface area contributed by atoms with Gasteiger partial charge in [0.15, 0.2) is 0 Å². The second-order valence-electron chi connectivity index (χ2n) is 9.22. The van der Waals surface area contributed by atoms with Crippen LogP contribution < -0.4 is 0 Å². The monoisotopic (exact) mass is 493 g/mol. The Morgan fingerprint density at radius 2 is 1.49 bits per heavy atom. The van der Waals surface area contributed by atoms with E-state index in [2.05, 4.69) is 122 Å². The van der Waals surface area contributed by atoms with Gasteiger partial charge in [-0.1, -0.05) is 86.5 Å². The van der Waals surface area contributed by atoms with Gasteiger partial charge in [-0.15, -0.1) is 11.3 Å². The van der Waals surface area contributed by atoms with Crippen LogP contribution in [-0.4, -0.2) is 4.57 Å². The van der Waals surface area contributed by atoms with Crippen LogP contribution in [0.15, 0.2) is 117 Å². The first-order chi connectivity index (χ1) is 18.1. The van der Waals surface area contributed by atoms with E-state index >= 15 is 0 Å². The molecule has 0 atom stereocenters. The number of benzene rings is 4. The summed E-state index contributed by atoms with van der Waals surface area (Å²) in [5.74, 6) is 0. The first-order valence-corrected chi connectivity index (χ1v) is 13.2. The zero-order valence-corrected chi connectivity index (χ0v) is 21.7. The zero-order chi connectivity index (χ0) is 25.5. The summed E-state index contributed by atoms with van der Waals surface area (Å²) in [7, 11) is 0. The Hall–Kier alpha value is -4.40. The van der Waals surface area contributed by atoms with Crippen molar-refractivity contribution in [3.63, 3.8) is 0 Å². The van der Waals surface area contributed by atoms with Crippen LogP contribution in [-0.2, 0) is 0 Å². The Morgan fingerprint density at radius 3 is 2.27 bits per heavy atom. The SMILES string of the molecule is C=C/C=C(\C)c1cccc(-n2c3ccccc3c3cc(-c4ccc5sc(C=C)c(C=C)c5c4)ccc32)c1. The molecule has 0 fully saturated rings. The number of thiophene rings is 1. The number of rotatable bonds is 6. The standard InChI is InChI=1S/C35H27NS/c1-5-11-23(4)24-12-10-13-27(20-24)36-32-15-9-8-14-29(32)30-21-25(16-18-33(30)36)26-17-19-35-31(22-26)28(6-2)34(7-3)37-35/h5-22H,1-3H2,4H3/b23-11+. The Morgan fingerprint density at radius 1 is 0.730 bits per heavy atom. The summed E-state index contributed by atoms with van der Waals surface area (Å²) in [6, 6.07) is 30.9. The second-order valence-corrected chi connectivity index (χ2v) is 10.3. The van der Waals surface area contributed by atoms with Crippen LogP contribution >= 0.6 is 11.3 Å². The molecule has 0 saturated carbocycles. The molecule has 2 heterocycles. The number of aromatic nitrogens is 1. The summed E-state index contributed by atoms with van der Waals surface area (Å²) >= 11 is 1.76. The molecule has 0 radical (unpaired) electrons. The van der Waals surface area contributed by atoms with Crippen molar-refractivity contribution in [2.75, 3.05) is 0 Å². The molecule has 0 saturated heterocycles. The first kappa shape index (κ1) is 23.0. The van der Waals surface area contributed by atoms with Gasteiger partial charge in [-0.3, -0.25) is 0 Å². The summed E-state index contributed by atoms with van der Waals surface area (Å²) in [4.78, 5) is 1.17. The molecule has 37 heavy (non-hydrogen) atoms. The Balaban J connectivity index is 1.56. The largest absolute Gasteiger partial charge is 0.309 e. The van der Waals surface area contributed by atoms with Crippen molar-refractivity contribution in [3.05, 3.63) is 133 Å². The van der Waals surface area contributed by atoms with E-state index in [0.29, 0.717) is 0 Å². The fraction of sp³-hybridized carbons (Fsp3) is 0.0286. The number of nitrogens with zero attached hydrogens (tertiary/aromatic N) is 1. The minimum Gasteiger partial charge on any atom is -0.309 e. The maximum atomic E-state index is 4.05. The minimum absolute atomic E-state index is 1.15. The second kappa shape index (κ2) is 9.24. The topological polar surface area (TPSA) is 4.93 Å². The van der Waals surface area contributed by atoms with E-state index in [4.69, 9.17) is 0 Å². The van der Waals surface area contributed by atoms with Gasteiger partial charge in [-0.2, -0.15) is 0 Å². The Kier molecular flexibility index (Phi) is 5.75. The van der Waals surface area contributed by atoms with Crippen molar-refractivity contribution in [3.8, 4) is 16.8 Å². The lowest BCUT2D eigenvalue weighted by Gasteiger charge is -2.11. The molecule has 0 spiro atoms. The van der Waals surface area contributed by atoms with Crippen molar-refractivity contribution in [2.24, 2.45) is 0 Å². The van der Waals surface area contributed by atoms with Crippen molar-refractivity contribution in [1.82, 2.24) is 4.57 Å². The fourth-order valence-electron chi connectivity index (χ4n) is 5.27. The van der Waals surface area contributed by atoms with Gasteiger partial charge in [0, 0.05) is 31.4 Å². The summed E-state index contributed by atoms with van der Waals surface area (Å²) in [5.41, 5.74) is 9.52. The van der Waals surface area contributed by atoms with Crippen LogP contribution in [0.25, 0.3) is 66.4 Å². The molecule has 2 heteroatoms. The van der Waals surface area contributed by atoms with E-state index in [1.165, 1.54) is 59.0 Å². The number of hydrogen-bond donors (Lipinski definition) is 0. The zero-order valence-electron chi connectivity index (χ0n) is 20.9. The van der Waals surface area contributed by atoms with E-state index in [-0.39, 0.29) is 0 Å². The highest BCUT2D eigenvalue weighted by atomic mass is 32.1. The lowest BCUT2D eigenvalue weighted by Crippen LogP contribution is -1.95. The van der Waals surface area contributed by atoms with Gasteiger partial charge in [0.25, 0.3) is 0 Å². The summed E-state index contributed by atoms with van der Waals surface area (Å²) in [5, 5.41) is 3.73. The molecule has 6 aromatic rings. The average Bonchev–Trinajstić information content (AvgIpc) is 3.47. The summed E-state index contributed by atoms with van der Waals surface area (Å²) in [6.45, 7) is 14.0. The van der Waals surface area contributed by atoms with E-state index in [0.717, 1.165) is 11.3 Å². The van der Waals surface area contributed by atoms with Crippen LogP contribution in [0.3, 0.4) is 0 Å². The molecule has 0 aliphatic carbocycles. The number of para-hydroxylation sites is 1. The van der Waals surface area contributed by atoms with Crippen molar-refractivity contribution >= 4 is 61.0 Å². The smallest absolute Gasteiger partial charge is 0.0541 e. The van der Waals surface area contributed by atoms with E-state index in [1.807, 2.05) is 18.2 Å². The van der Waals surface area contributed by atoms with Crippen LogP contribution in [0, 0.1) is 0 Å². The van der Waals surface area contributed by atoms with Gasteiger partial charge in [0.05, 0.1) is 11.0 Å². The molecule has 6 rings (SSSR count). The minimum atomic E-state index is 1.15. The quantitative estimate of drug-likeness (QED) is 0.203. The predicted molar refractivity (Wildman–Crippen MR) is 166 cm³/mol. The van der Waals surface area contributed by atoms with Gasteiger partial charge < -0.3 is 4.57 Å². The highest BCUT2D eigenvalue weighted by molar-refractivity contribution is 7.20. The van der Waals surface area contributed by atoms with E-state index < -0.39 is 0 Å². The molecular weight excluding hydrogens is 466 g/mol. The van der Waals surface area contributed by atoms with Crippen LogP contribution in [0.2, 0.25) is 0 Å². The van der Waals surface area contributed by atoms with Gasteiger partial charge in [-0.05, 0) is 77.2 Å². The summed E-state index contributed by atoms with van der Waals surface area (Å²) < 4.78 is 3.62. The lowest BCUT2D eigenvalue weighted by molar-refractivity contribution is 1.18. The molecule has 0 bridgehead atoms. The maximum absolute atomic E-state index is 4.05. The molecule has 2 aromatic heterocycles. The van der Waals surface area contributed by atoms with E-state index in [1.54, 1.807) is 11.3 Å². The molecule has 0 amide bonds. The molecule has 0 aliphatic heterocycles. The van der Waals surface area contributed by atoms with Gasteiger partial charge in [-0.25, -0.2) is 0 Å². The van der Waals surface area contributed by atoms with Crippen molar-refractivity contribution in [1.29, 1.82) is 0 Å². The molecular formula is C35H27NS. The number of allylic oxidation sites excluding steroid dienone is 3. The third kappa shape index (κ3) is 3.78. The maximum Gasteiger partial charge on any atom is 0.0541 e. The molecule has 178 valence electrons. The predicted octanol–water partition coefficient (Wildman–Crippen LogP) is 10.5. The summed E-state index contributed by atoms with van der Waals surface area (Å²) in [6.07, 6.45) is 7.76. The highest BCUT2D eigenvalue weighted by Crippen LogP contribution is 2.38. The van der Waals surface area contributed by atoms with Gasteiger partial charge in [0.2, 0.25) is 0 Å². The van der Waals surface area contributed by atoms with Crippen LogP contribution in [0.1, 0.15) is 22.9 Å². The van der Waals surface area contributed by atoms with Crippen molar-refractivity contribution < 1.29 is 0 Å². The number of hydrogen-bond acceptors (Lipinski definition) is 1. The fourth-order valence-corrected chi connectivity index (χ4v) is 6.31. The first-order valence-electron chi connectivity index (χ1n) is 12.4. The van der Waals surface area contributed by atoms with Crippen LogP contribution in [0.4, 0.5) is 0 Å². The van der Waals surface area contributed by atoms with Gasteiger partial charge >= 0.3 is 0 Å². The molecule has 0 N–H and O–H groups in total. The Labute approximate surface area is 221 Å². The third-order valence-electron chi connectivity index (χ3n) is 7.08. The molecule has 0 aliphatic rings. The lowest BCUT2D eigenvalue weighted by atomic mass is 10.00. The molecule has 0 unspecified atom stereocenters.